The summed E-state index contributed by atoms with van der Waals surface area (Å²) in [4.78, 5) is 13.4. The second-order valence-corrected chi connectivity index (χ2v) is 10.2. The molecule has 9 nitrogen and oxygen atoms in total. The predicted molar refractivity (Wildman–Crippen MR) is 132 cm³/mol. The number of rotatable bonds is 7. The first-order valence-electron chi connectivity index (χ1n) is 11.2. The van der Waals surface area contributed by atoms with Gasteiger partial charge in [-0.1, -0.05) is 70.5 Å². The van der Waals surface area contributed by atoms with E-state index in [0.717, 1.165) is 10.5 Å². The molecule has 0 spiro atoms. The first-order valence-corrected chi connectivity index (χ1v) is 12.8. The zero-order chi connectivity index (χ0) is 25.1. The van der Waals surface area contributed by atoms with Crippen LogP contribution in [-0.2, 0) is 23.7 Å². The molecule has 0 amide bonds. The van der Waals surface area contributed by atoms with E-state index in [-0.39, 0.29) is 18.2 Å². The third kappa shape index (κ3) is 5.55. The van der Waals surface area contributed by atoms with Gasteiger partial charge < -0.3 is 23.7 Å². The van der Waals surface area contributed by atoms with Crippen LogP contribution < -0.4 is 0 Å². The SMILES string of the molecule is CO[C@@H]1[C@@H](COC(=O)c2cnn[nH]2)[C@H]2OC(c3ccccc3)OC[C@H]2O[C@@H]1Sc1ccc(Cl)c(Cl)c1. The molecule has 3 heterocycles. The minimum atomic E-state index is -0.581. The molecule has 2 aliphatic rings. The molecule has 1 N–H and O–H groups in total. The molecule has 3 aromatic rings. The van der Waals surface area contributed by atoms with Gasteiger partial charge in [-0.2, -0.15) is 0 Å². The minimum absolute atomic E-state index is 0.0286. The van der Waals surface area contributed by atoms with Crippen molar-refractivity contribution in [2.75, 3.05) is 20.3 Å². The van der Waals surface area contributed by atoms with E-state index in [4.69, 9.17) is 46.9 Å². The molecule has 0 aliphatic carbocycles. The smallest absolute Gasteiger partial charge is 0.358 e. The lowest BCUT2D eigenvalue weighted by molar-refractivity contribution is -0.313. The van der Waals surface area contributed by atoms with Gasteiger partial charge >= 0.3 is 5.97 Å². The van der Waals surface area contributed by atoms with Gasteiger partial charge in [-0.25, -0.2) is 4.79 Å². The van der Waals surface area contributed by atoms with Crippen LogP contribution in [0.3, 0.4) is 0 Å². The number of carbonyl (C=O) groups excluding carboxylic acids is 1. The first kappa shape index (κ1) is 25.5. The van der Waals surface area contributed by atoms with E-state index in [1.807, 2.05) is 36.4 Å². The second kappa shape index (κ2) is 11.5. The highest BCUT2D eigenvalue weighted by Crippen LogP contribution is 2.43. The van der Waals surface area contributed by atoms with Gasteiger partial charge in [0, 0.05) is 17.6 Å². The molecule has 190 valence electrons. The molecular formula is C24H23Cl2N3O6S. The van der Waals surface area contributed by atoms with Gasteiger partial charge in [0.15, 0.2) is 12.0 Å². The van der Waals surface area contributed by atoms with Crippen molar-refractivity contribution >= 4 is 40.9 Å². The van der Waals surface area contributed by atoms with Crippen LogP contribution in [0.25, 0.3) is 0 Å². The number of methoxy groups -OCH3 is 1. The molecule has 1 unspecified atom stereocenters. The Bertz CT molecular complexity index is 1170. The molecule has 0 bridgehead atoms. The topological polar surface area (TPSA) is 105 Å². The number of esters is 1. The molecule has 2 aliphatic heterocycles. The highest BCUT2D eigenvalue weighted by atomic mass is 35.5. The average molecular weight is 552 g/mol. The van der Waals surface area contributed by atoms with Gasteiger partial charge in [0.25, 0.3) is 0 Å². The average Bonchev–Trinajstić information content (AvgIpc) is 3.45. The number of halogens is 2. The van der Waals surface area contributed by atoms with Crippen molar-refractivity contribution in [3.63, 3.8) is 0 Å². The van der Waals surface area contributed by atoms with Crippen LogP contribution in [0, 0.1) is 5.92 Å². The first-order chi connectivity index (χ1) is 17.5. The summed E-state index contributed by atoms with van der Waals surface area (Å²) in [6.45, 7) is 0.328. The van der Waals surface area contributed by atoms with Crippen LogP contribution in [0.2, 0.25) is 10.0 Å². The number of hydrogen-bond donors (Lipinski definition) is 1. The van der Waals surface area contributed by atoms with E-state index >= 15 is 0 Å². The summed E-state index contributed by atoms with van der Waals surface area (Å²) in [6, 6.07) is 15.0. The summed E-state index contributed by atoms with van der Waals surface area (Å²) in [5.41, 5.74) is 0.590. The lowest BCUT2D eigenvalue weighted by Crippen LogP contribution is -2.59. The summed E-state index contributed by atoms with van der Waals surface area (Å²) in [5.74, 6) is -0.929. The standard InChI is InChI=1S/C24H23Cl2N3O6S/c1-31-21-15(11-32-22(30)18-10-27-29-28-18)20-19(12-33-23(35-20)13-5-3-2-4-6-13)34-24(21)36-14-7-8-16(25)17(26)9-14/h2-10,15,19-21,23-24H,11-12H2,1H3,(H,27,28,29)/t15-,19+,20+,21+,23?,24+/m0/s1. The van der Waals surface area contributed by atoms with Crippen molar-refractivity contribution < 1.29 is 28.5 Å². The largest absolute Gasteiger partial charge is 0.460 e. The zero-order valence-corrected chi connectivity index (χ0v) is 21.4. The van der Waals surface area contributed by atoms with Crippen molar-refractivity contribution in [2.24, 2.45) is 5.92 Å². The summed E-state index contributed by atoms with van der Waals surface area (Å²) in [7, 11) is 1.60. The number of ether oxygens (including phenoxy) is 5. The maximum atomic E-state index is 12.5. The number of thioether (sulfide) groups is 1. The quantitative estimate of drug-likeness (QED) is 0.424. The number of nitrogens with one attached hydrogen (secondary N) is 1. The Morgan fingerprint density at radius 1 is 1.17 bits per heavy atom. The lowest BCUT2D eigenvalue weighted by atomic mass is 9.89. The molecule has 0 saturated carbocycles. The van der Waals surface area contributed by atoms with Crippen LogP contribution >= 0.6 is 35.0 Å². The fraction of sp³-hybridized carbons (Fsp3) is 0.375. The molecule has 2 fully saturated rings. The Hall–Kier alpha value is -2.18. The molecule has 36 heavy (non-hydrogen) atoms. The van der Waals surface area contributed by atoms with E-state index in [2.05, 4.69) is 15.4 Å². The summed E-state index contributed by atoms with van der Waals surface area (Å²) < 4.78 is 30.3. The van der Waals surface area contributed by atoms with Crippen LogP contribution in [0.1, 0.15) is 22.3 Å². The Morgan fingerprint density at radius 3 is 2.72 bits per heavy atom. The van der Waals surface area contributed by atoms with Crippen molar-refractivity contribution in [1.29, 1.82) is 0 Å². The van der Waals surface area contributed by atoms with Gasteiger partial charge in [0.05, 0.1) is 41.5 Å². The summed E-state index contributed by atoms with van der Waals surface area (Å²) >= 11 is 13.7. The number of carbonyl (C=O) groups is 1. The molecule has 6 atom stereocenters. The van der Waals surface area contributed by atoms with Crippen LogP contribution in [-0.4, -0.2) is 65.5 Å². The molecule has 2 aromatic carbocycles. The number of aromatic nitrogens is 3. The monoisotopic (exact) mass is 551 g/mol. The number of aromatic amines is 1. The Balaban J connectivity index is 1.39. The highest BCUT2D eigenvalue weighted by Gasteiger charge is 2.51. The maximum Gasteiger partial charge on any atom is 0.358 e. The third-order valence-electron chi connectivity index (χ3n) is 6.01. The van der Waals surface area contributed by atoms with Gasteiger partial charge in [-0.15, -0.1) is 5.10 Å². The van der Waals surface area contributed by atoms with E-state index in [1.165, 1.54) is 18.0 Å². The number of nitrogens with zero attached hydrogens (tertiary/aromatic N) is 2. The van der Waals surface area contributed by atoms with Crippen molar-refractivity contribution in [2.45, 2.75) is 34.9 Å². The molecule has 12 heteroatoms. The van der Waals surface area contributed by atoms with E-state index in [9.17, 15) is 4.79 Å². The molecule has 5 rings (SSSR count). The van der Waals surface area contributed by atoms with Gasteiger partial charge in [-0.05, 0) is 18.2 Å². The molecule has 1 aromatic heterocycles. The number of H-pyrrole nitrogens is 1. The van der Waals surface area contributed by atoms with Crippen molar-refractivity contribution in [3.05, 3.63) is 76.0 Å². The molecular weight excluding hydrogens is 529 g/mol. The summed E-state index contributed by atoms with van der Waals surface area (Å²) in [6.07, 6.45) is -0.612. The number of fused-ring (bicyclic) bond motifs is 1. The normalized spacial score (nSPS) is 27.9. The van der Waals surface area contributed by atoms with Gasteiger partial charge in [-0.3, -0.25) is 5.10 Å². The minimum Gasteiger partial charge on any atom is -0.460 e. The highest BCUT2D eigenvalue weighted by molar-refractivity contribution is 7.99. The Morgan fingerprint density at radius 2 is 2.00 bits per heavy atom. The van der Waals surface area contributed by atoms with Crippen LogP contribution in [0.15, 0.2) is 59.6 Å². The summed E-state index contributed by atoms with van der Waals surface area (Å²) in [5, 5.41) is 10.6. The Labute approximate surface area is 221 Å². The number of benzene rings is 2. The fourth-order valence-electron chi connectivity index (χ4n) is 4.26. The fourth-order valence-corrected chi connectivity index (χ4v) is 5.87. The zero-order valence-electron chi connectivity index (χ0n) is 19.1. The van der Waals surface area contributed by atoms with Gasteiger partial charge in [0.2, 0.25) is 0 Å². The van der Waals surface area contributed by atoms with Crippen molar-refractivity contribution in [1.82, 2.24) is 15.4 Å². The van der Waals surface area contributed by atoms with E-state index in [1.54, 1.807) is 19.2 Å². The maximum absolute atomic E-state index is 12.5. The third-order valence-corrected chi connectivity index (χ3v) is 7.89. The van der Waals surface area contributed by atoms with Gasteiger partial charge in [0.1, 0.15) is 17.6 Å². The van der Waals surface area contributed by atoms with E-state index < -0.39 is 36.0 Å². The molecule has 2 saturated heterocycles. The van der Waals surface area contributed by atoms with Crippen LogP contribution in [0.5, 0.6) is 0 Å². The number of hydrogen-bond acceptors (Lipinski definition) is 9. The second-order valence-electron chi connectivity index (χ2n) is 8.25. The molecule has 0 radical (unpaired) electrons. The predicted octanol–water partition coefficient (Wildman–Crippen LogP) is 4.53. The van der Waals surface area contributed by atoms with Crippen molar-refractivity contribution in [3.8, 4) is 0 Å². The van der Waals surface area contributed by atoms with E-state index in [0.29, 0.717) is 16.7 Å². The Kier molecular flexibility index (Phi) is 8.12. The van der Waals surface area contributed by atoms with Crippen LogP contribution in [0.4, 0.5) is 0 Å². The lowest BCUT2D eigenvalue weighted by Gasteiger charge is -2.48.